The van der Waals surface area contributed by atoms with Gasteiger partial charge in [-0.2, -0.15) is 0 Å². The van der Waals surface area contributed by atoms with E-state index < -0.39 is 12.1 Å². The van der Waals surface area contributed by atoms with Crippen molar-refractivity contribution in [2.24, 2.45) is 0 Å². The highest BCUT2D eigenvalue weighted by molar-refractivity contribution is 5.99. The Kier molecular flexibility index (Phi) is 8.01. The molecule has 18 heavy (non-hydrogen) atoms. The van der Waals surface area contributed by atoms with E-state index in [1.54, 1.807) is 31.2 Å². The standard InChI is InChI=1S/C11H13NO4.C2H6/c1-3-16-10(13)8-6-4-5-7-9(8)12-11(14)15-2;1-2/h4-7H,3H2,1-2H3,(H,12,14);1-2H3. The number of carbonyl (C=O) groups excluding carboxylic acids is 2. The van der Waals surface area contributed by atoms with Crippen LogP contribution >= 0.6 is 0 Å². The zero-order chi connectivity index (χ0) is 14.0. The summed E-state index contributed by atoms with van der Waals surface area (Å²) in [5.41, 5.74) is 0.669. The van der Waals surface area contributed by atoms with Crippen molar-refractivity contribution in [3.05, 3.63) is 29.8 Å². The van der Waals surface area contributed by atoms with E-state index in [4.69, 9.17) is 4.74 Å². The lowest BCUT2D eigenvalue weighted by atomic mass is 10.2. The average Bonchev–Trinajstić information content (AvgIpc) is 2.41. The van der Waals surface area contributed by atoms with E-state index in [9.17, 15) is 9.59 Å². The molecule has 0 bridgehead atoms. The topological polar surface area (TPSA) is 64.6 Å². The summed E-state index contributed by atoms with van der Waals surface area (Å²) in [5.74, 6) is -0.477. The summed E-state index contributed by atoms with van der Waals surface area (Å²) in [5, 5.41) is 2.44. The third kappa shape index (κ3) is 4.86. The molecule has 100 valence electrons. The first-order chi connectivity index (χ1) is 8.69. The van der Waals surface area contributed by atoms with Gasteiger partial charge in [-0.3, -0.25) is 5.32 Å². The Balaban J connectivity index is 0.00000137. The smallest absolute Gasteiger partial charge is 0.411 e. The van der Waals surface area contributed by atoms with E-state index in [1.807, 2.05) is 13.8 Å². The first-order valence-corrected chi connectivity index (χ1v) is 5.80. The molecule has 0 aliphatic carbocycles. The van der Waals surface area contributed by atoms with Gasteiger partial charge in [0.2, 0.25) is 0 Å². The maximum Gasteiger partial charge on any atom is 0.411 e. The average molecular weight is 253 g/mol. The number of methoxy groups -OCH3 is 1. The number of ether oxygens (including phenoxy) is 2. The molecule has 0 aromatic heterocycles. The minimum atomic E-state index is -0.628. The molecule has 5 nitrogen and oxygen atoms in total. The van der Waals surface area contributed by atoms with E-state index in [-0.39, 0.29) is 6.61 Å². The Morgan fingerprint density at radius 1 is 1.22 bits per heavy atom. The van der Waals surface area contributed by atoms with Crippen LogP contribution < -0.4 is 5.32 Å². The molecule has 1 N–H and O–H groups in total. The van der Waals surface area contributed by atoms with Gasteiger partial charge in [0.15, 0.2) is 0 Å². The summed E-state index contributed by atoms with van der Waals surface area (Å²) in [7, 11) is 1.25. The fourth-order valence-corrected chi connectivity index (χ4v) is 1.14. The highest BCUT2D eigenvalue weighted by Gasteiger charge is 2.13. The molecular formula is C13H19NO4. The molecule has 1 amide bonds. The Morgan fingerprint density at radius 3 is 2.39 bits per heavy atom. The van der Waals surface area contributed by atoms with Gasteiger partial charge in [-0.25, -0.2) is 9.59 Å². The summed E-state index contributed by atoms with van der Waals surface area (Å²) in [6, 6.07) is 6.56. The normalized spacial score (nSPS) is 8.67. The first-order valence-electron chi connectivity index (χ1n) is 5.80. The number of amides is 1. The van der Waals surface area contributed by atoms with E-state index in [0.717, 1.165) is 0 Å². The van der Waals surface area contributed by atoms with E-state index in [1.165, 1.54) is 7.11 Å². The summed E-state index contributed by atoms with van der Waals surface area (Å²) in [6.45, 7) is 6.00. The lowest BCUT2D eigenvalue weighted by molar-refractivity contribution is 0.0527. The van der Waals surface area contributed by atoms with Crippen molar-refractivity contribution < 1.29 is 19.1 Å². The maximum absolute atomic E-state index is 11.5. The zero-order valence-electron chi connectivity index (χ0n) is 11.1. The highest BCUT2D eigenvalue weighted by Crippen LogP contribution is 2.16. The molecule has 0 atom stereocenters. The molecule has 5 heteroatoms. The van der Waals surface area contributed by atoms with Crippen molar-refractivity contribution in [1.29, 1.82) is 0 Å². The predicted molar refractivity (Wildman–Crippen MR) is 69.8 cm³/mol. The molecule has 1 rings (SSSR count). The van der Waals surface area contributed by atoms with Crippen LogP contribution in [-0.4, -0.2) is 25.8 Å². The van der Waals surface area contributed by atoms with Crippen LogP contribution in [0.4, 0.5) is 10.5 Å². The summed E-state index contributed by atoms with van der Waals surface area (Å²) < 4.78 is 9.30. The quantitative estimate of drug-likeness (QED) is 0.841. The number of esters is 1. The van der Waals surface area contributed by atoms with Crippen molar-refractivity contribution in [1.82, 2.24) is 0 Å². The van der Waals surface area contributed by atoms with E-state index in [2.05, 4.69) is 10.1 Å². The molecule has 0 saturated heterocycles. The number of hydrogen-bond acceptors (Lipinski definition) is 4. The number of rotatable bonds is 3. The molecule has 0 aliphatic rings. The van der Waals surface area contributed by atoms with Gasteiger partial charge in [-0.05, 0) is 19.1 Å². The van der Waals surface area contributed by atoms with Crippen molar-refractivity contribution in [2.45, 2.75) is 20.8 Å². The number of anilines is 1. The molecule has 0 spiro atoms. The number of benzene rings is 1. The van der Waals surface area contributed by atoms with Gasteiger partial charge in [0.1, 0.15) is 0 Å². The van der Waals surface area contributed by atoms with Gasteiger partial charge in [-0.1, -0.05) is 26.0 Å². The second-order valence-corrected chi connectivity index (χ2v) is 2.88. The number of hydrogen-bond donors (Lipinski definition) is 1. The molecule has 0 heterocycles. The first kappa shape index (κ1) is 16.0. The summed E-state index contributed by atoms with van der Waals surface area (Å²) in [6.07, 6.45) is -0.628. The second-order valence-electron chi connectivity index (χ2n) is 2.88. The van der Waals surface area contributed by atoms with E-state index >= 15 is 0 Å². The maximum atomic E-state index is 11.5. The van der Waals surface area contributed by atoms with Crippen LogP contribution in [0.15, 0.2) is 24.3 Å². The van der Waals surface area contributed by atoms with Gasteiger partial charge < -0.3 is 9.47 Å². The van der Waals surface area contributed by atoms with Gasteiger partial charge >= 0.3 is 12.1 Å². The van der Waals surface area contributed by atoms with Crippen molar-refractivity contribution >= 4 is 17.7 Å². The molecule has 1 aromatic rings. The Hall–Kier alpha value is -2.04. The van der Waals surface area contributed by atoms with Crippen LogP contribution in [0.25, 0.3) is 0 Å². The lowest BCUT2D eigenvalue weighted by Gasteiger charge is -2.08. The SMILES string of the molecule is CC.CCOC(=O)c1ccccc1NC(=O)OC. The number of nitrogens with one attached hydrogen (secondary N) is 1. The van der Waals surface area contributed by atoms with Crippen molar-refractivity contribution in [3.63, 3.8) is 0 Å². The van der Waals surface area contributed by atoms with Gasteiger partial charge in [0.05, 0.1) is 25.0 Å². The molecular weight excluding hydrogens is 234 g/mol. The Labute approximate surface area is 107 Å². The monoisotopic (exact) mass is 253 g/mol. The van der Waals surface area contributed by atoms with E-state index in [0.29, 0.717) is 11.3 Å². The van der Waals surface area contributed by atoms with Crippen LogP contribution in [0.3, 0.4) is 0 Å². The molecule has 1 aromatic carbocycles. The Bertz CT molecular complexity index is 390. The van der Waals surface area contributed by atoms with Crippen molar-refractivity contribution in [2.75, 3.05) is 19.0 Å². The molecule has 0 fully saturated rings. The van der Waals surface area contributed by atoms with Gasteiger partial charge in [-0.15, -0.1) is 0 Å². The highest BCUT2D eigenvalue weighted by atomic mass is 16.5. The summed E-state index contributed by atoms with van der Waals surface area (Å²) >= 11 is 0. The lowest BCUT2D eigenvalue weighted by Crippen LogP contribution is -2.15. The molecule has 0 saturated carbocycles. The molecule has 0 aliphatic heterocycles. The van der Waals surface area contributed by atoms with Crippen LogP contribution in [0.1, 0.15) is 31.1 Å². The second kappa shape index (κ2) is 9.04. The fourth-order valence-electron chi connectivity index (χ4n) is 1.14. The minimum absolute atomic E-state index is 0.283. The van der Waals surface area contributed by atoms with Crippen LogP contribution in [0, 0.1) is 0 Å². The van der Waals surface area contributed by atoms with Gasteiger partial charge in [0, 0.05) is 0 Å². The zero-order valence-corrected chi connectivity index (χ0v) is 11.1. The number of para-hydroxylation sites is 1. The van der Waals surface area contributed by atoms with Crippen LogP contribution in [0.2, 0.25) is 0 Å². The predicted octanol–water partition coefficient (Wildman–Crippen LogP) is 3.07. The minimum Gasteiger partial charge on any atom is -0.462 e. The number of carbonyl (C=O) groups is 2. The molecule has 0 unspecified atom stereocenters. The Morgan fingerprint density at radius 2 is 1.83 bits per heavy atom. The summed E-state index contributed by atoms with van der Waals surface area (Å²) in [4.78, 5) is 22.5. The third-order valence-electron chi connectivity index (χ3n) is 1.84. The van der Waals surface area contributed by atoms with Crippen molar-refractivity contribution in [3.8, 4) is 0 Å². The van der Waals surface area contributed by atoms with Crippen LogP contribution in [-0.2, 0) is 9.47 Å². The fraction of sp³-hybridized carbons (Fsp3) is 0.385. The van der Waals surface area contributed by atoms with Crippen LogP contribution in [0.5, 0.6) is 0 Å². The largest absolute Gasteiger partial charge is 0.462 e. The van der Waals surface area contributed by atoms with Gasteiger partial charge in [0.25, 0.3) is 0 Å². The third-order valence-corrected chi connectivity index (χ3v) is 1.84. The molecule has 0 radical (unpaired) electrons.